The Morgan fingerprint density at radius 1 is 0.857 bits per heavy atom. The van der Waals surface area contributed by atoms with Crippen LogP contribution in [0.5, 0.6) is 5.75 Å². The highest BCUT2D eigenvalue weighted by molar-refractivity contribution is 5.97. The molecule has 0 saturated heterocycles. The monoisotopic (exact) mass is 684 g/mol. The minimum absolute atomic E-state index is 0.223. The van der Waals surface area contributed by atoms with Crippen molar-refractivity contribution < 1.29 is 43.9 Å². The molecular formula is C38H56N2O9. The van der Waals surface area contributed by atoms with E-state index in [4.69, 9.17) is 18.9 Å². The number of para-hydroxylation sites is 1. The van der Waals surface area contributed by atoms with Gasteiger partial charge in [0.2, 0.25) is 5.91 Å². The van der Waals surface area contributed by atoms with Gasteiger partial charge in [-0.3, -0.25) is 9.59 Å². The Balaban J connectivity index is 1.43. The van der Waals surface area contributed by atoms with Gasteiger partial charge in [0.25, 0.3) is 5.91 Å². The van der Waals surface area contributed by atoms with Crippen molar-refractivity contribution in [2.45, 2.75) is 89.2 Å². The van der Waals surface area contributed by atoms with Crippen LogP contribution in [0.25, 0.3) is 0 Å². The number of carbonyl (C=O) groups excluding carboxylic acids is 2. The quantitative estimate of drug-likeness (QED) is 0.132. The zero-order valence-corrected chi connectivity index (χ0v) is 29.2. The molecule has 2 amide bonds. The minimum atomic E-state index is -1.47. The fourth-order valence-corrected chi connectivity index (χ4v) is 7.07. The summed E-state index contributed by atoms with van der Waals surface area (Å²) in [5, 5.41) is 40.1. The largest absolute Gasteiger partial charge is 0.490 e. The molecule has 0 heterocycles. The summed E-state index contributed by atoms with van der Waals surface area (Å²) in [6.45, 7) is 6.03. The topological polar surface area (TPSA) is 156 Å². The molecule has 2 aromatic carbocycles. The third-order valence-electron chi connectivity index (χ3n) is 9.70. The lowest BCUT2D eigenvalue weighted by Crippen LogP contribution is -2.55. The Bertz CT molecular complexity index is 1300. The number of benzene rings is 2. The van der Waals surface area contributed by atoms with Gasteiger partial charge in [0, 0.05) is 13.5 Å². The summed E-state index contributed by atoms with van der Waals surface area (Å²) in [5.41, 5.74) is 2.12. The van der Waals surface area contributed by atoms with Gasteiger partial charge in [-0.25, -0.2) is 0 Å². The average Bonchev–Trinajstić information content (AvgIpc) is 3.41. The zero-order chi connectivity index (χ0) is 35.2. The number of aliphatic hydroxyl groups is 3. The molecule has 2 aromatic rings. The van der Waals surface area contributed by atoms with Crippen molar-refractivity contribution in [3.63, 3.8) is 0 Å². The second-order valence-corrected chi connectivity index (χ2v) is 13.6. The lowest BCUT2D eigenvalue weighted by Gasteiger charge is -2.36. The summed E-state index contributed by atoms with van der Waals surface area (Å²) in [6, 6.07) is 13.0. The van der Waals surface area contributed by atoms with Crippen LogP contribution in [0.3, 0.4) is 0 Å². The van der Waals surface area contributed by atoms with Gasteiger partial charge in [-0.15, -0.1) is 0 Å². The zero-order valence-electron chi connectivity index (χ0n) is 29.2. The molecule has 0 radical (unpaired) electrons. The summed E-state index contributed by atoms with van der Waals surface area (Å²) in [5.74, 6) is -1.57. The SMILES string of the molecule is COCCOCCOCCOc1ccccc1C(=O)N[C@@H](CC1CCCCC1)[C@@H](O)[C@H](O)[C@H](C(=O)NC1c2ccccc2CC1O)C(C)C. The van der Waals surface area contributed by atoms with E-state index in [1.54, 1.807) is 31.4 Å². The van der Waals surface area contributed by atoms with Crippen LogP contribution in [0.4, 0.5) is 0 Å². The maximum atomic E-state index is 13.8. The molecule has 11 heteroatoms. The van der Waals surface area contributed by atoms with E-state index in [1.165, 1.54) is 0 Å². The van der Waals surface area contributed by atoms with Crippen LogP contribution in [0.1, 0.15) is 79.9 Å². The van der Waals surface area contributed by atoms with Crippen LogP contribution >= 0.6 is 0 Å². The van der Waals surface area contributed by atoms with E-state index in [-0.39, 0.29) is 18.4 Å². The van der Waals surface area contributed by atoms with Crippen LogP contribution in [-0.2, 0) is 25.4 Å². The van der Waals surface area contributed by atoms with Crippen LogP contribution in [0, 0.1) is 17.8 Å². The molecule has 0 bridgehead atoms. The Labute approximate surface area is 290 Å². The highest BCUT2D eigenvalue weighted by Crippen LogP contribution is 2.33. The fourth-order valence-electron chi connectivity index (χ4n) is 7.07. The molecule has 49 heavy (non-hydrogen) atoms. The molecule has 272 valence electrons. The molecular weight excluding hydrogens is 628 g/mol. The number of methoxy groups -OCH3 is 1. The molecule has 0 aliphatic heterocycles. The first-order chi connectivity index (χ1) is 23.7. The van der Waals surface area contributed by atoms with Gasteiger partial charge in [0.15, 0.2) is 0 Å². The van der Waals surface area contributed by atoms with Crippen molar-refractivity contribution >= 4 is 11.8 Å². The smallest absolute Gasteiger partial charge is 0.255 e. The number of aliphatic hydroxyl groups excluding tert-OH is 3. The van der Waals surface area contributed by atoms with E-state index in [2.05, 4.69) is 10.6 Å². The van der Waals surface area contributed by atoms with E-state index in [0.29, 0.717) is 57.2 Å². The summed E-state index contributed by atoms with van der Waals surface area (Å²) in [4.78, 5) is 27.5. The normalized spacial score (nSPS) is 20.3. The minimum Gasteiger partial charge on any atom is -0.490 e. The number of nitrogens with one attached hydrogen (secondary N) is 2. The van der Waals surface area contributed by atoms with Crippen LogP contribution in [0.15, 0.2) is 48.5 Å². The van der Waals surface area contributed by atoms with Crippen molar-refractivity contribution in [2.75, 3.05) is 46.8 Å². The van der Waals surface area contributed by atoms with Gasteiger partial charge in [-0.1, -0.05) is 82.3 Å². The van der Waals surface area contributed by atoms with Crippen LogP contribution in [-0.4, -0.2) is 98.2 Å². The van der Waals surface area contributed by atoms with E-state index in [1.807, 2.05) is 38.1 Å². The molecule has 2 unspecified atom stereocenters. The molecule has 4 rings (SSSR count). The lowest BCUT2D eigenvalue weighted by molar-refractivity contribution is -0.137. The number of carbonyl (C=O) groups is 2. The van der Waals surface area contributed by atoms with E-state index in [0.717, 1.165) is 43.2 Å². The summed E-state index contributed by atoms with van der Waals surface area (Å²) >= 11 is 0. The third kappa shape index (κ3) is 11.2. The standard InChI is InChI=1S/C38H56N2O9/c1-25(2)33(38(45)40-34-28-14-8-7-13-27(28)24-31(34)41)36(43)35(42)30(23-26-11-5-4-6-12-26)39-37(44)29-15-9-10-16-32(29)49-22-21-48-20-19-47-18-17-46-3/h7-10,13-16,25-26,30-31,33-36,41-43H,4-6,11-12,17-24H2,1-3H3,(H,39,44)(H,40,45)/t30-,31?,33+,34?,35+,36+/m0/s1. The van der Waals surface area contributed by atoms with Gasteiger partial charge in [-0.2, -0.15) is 0 Å². The number of hydrogen-bond acceptors (Lipinski definition) is 9. The lowest BCUT2D eigenvalue weighted by atomic mass is 9.79. The van der Waals surface area contributed by atoms with Crippen molar-refractivity contribution in [1.29, 1.82) is 0 Å². The summed E-state index contributed by atoms with van der Waals surface area (Å²) < 4.78 is 21.8. The van der Waals surface area contributed by atoms with Crippen LogP contribution < -0.4 is 15.4 Å². The molecule has 1 saturated carbocycles. The molecule has 0 aromatic heterocycles. The number of hydrogen-bond donors (Lipinski definition) is 5. The number of ether oxygens (including phenoxy) is 4. The third-order valence-corrected chi connectivity index (χ3v) is 9.70. The Morgan fingerprint density at radius 3 is 2.22 bits per heavy atom. The van der Waals surface area contributed by atoms with Crippen LogP contribution in [0.2, 0.25) is 0 Å². The molecule has 2 aliphatic rings. The second-order valence-electron chi connectivity index (χ2n) is 13.6. The number of fused-ring (bicyclic) bond motifs is 1. The molecule has 2 aliphatic carbocycles. The molecule has 1 fully saturated rings. The fraction of sp³-hybridized carbons (Fsp3) is 0.632. The maximum Gasteiger partial charge on any atom is 0.255 e. The predicted octanol–water partition coefficient (Wildman–Crippen LogP) is 3.58. The number of rotatable bonds is 20. The van der Waals surface area contributed by atoms with Crippen molar-refractivity contribution in [1.82, 2.24) is 10.6 Å². The second kappa shape index (κ2) is 20.0. The molecule has 0 spiro atoms. The van der Waals surface area contributed by atoms with Gasteiger partial charge in [0.05, 0.1) is 68.8 Å². The first kappa shape index (κ1) is 38.7. The molecule has 5 N–H and O–H groups in total. The highest BCUT2D eigenvalue weighted by Gasteiger charge is 2.41. The Kier molecular flexibility index (Phi) is 15.8. The molecule has 11 nitrogen and oxygen atoms in total. The van der Waals surface area contributed by atoms with Crippen molar-refractivity contribution in [3.05, 3.63) is 65.2 Å². The predicted molar refractivity (Wildman–Crippen MR) is 185 cm³/mol. The van der Waals surface area contributed by atoms with Gasteiger partial charge < -0.3 is 44.9 Å². The Morgan fingerprint density at radius 2 is 1.51 bits per heavy atom. The first-order valence-corrected chi connectivity index (χ1v) is 17.8. The van der Waals surface area contributed by atoms with Crippen molar-refractivity contribution in [3.8, 4) is 5.75 Å². The highest BCUT2D eigenvalue weighted by atomic mass is 16.6. The van der Waals surface area contributed by atoms with E-state index < -0.39 is 48.1 Å². The summed E-state index contributed by atoms with van der Waals surface area (Å²) in [6.07, 6.45) is 2.46. The van der Waals surface area contributed by atoms with Gasteiger partial charge >= 0.3 is 0 Å². The summed E-state index contributed by atoms with van der Waals surface area (Å²) in [7, 11) is 1.62. The van der Waals surface area contributed by atoms with Crippen molar-refractivity contribution in [2.24, 2.45) is 17.8 Å². The van der Waals surface area contributed by atoms with E-state index in [9.17, 15) is 24.9 Å². The van der Waals surface area contributed by atoms with Gasteiger partial charge in [-0.05, 0) is 41.5 Å². The first-order valence-electron chi connectivity index (χ1n) is 17.8. The Hall–Kier alpha value is -3.06. The van der Waals surface area contributed by atoms with Gasteiger partial charge in [0.1, 0.15) is 18.5 Å². The maximum absolute atomic E-state index is 13.8. The average molecular weight is 685 g/mol. The van der Waals surface area contributed by atoms with E-state index >= 15 is 0 Å². The number of amides is 2. The molecule has 6 atom stereocenters.